The molecule has 7 heteroatoms. The molecule has 0 spiro atoms. The SMILES string of the molecule is Cc1cnc(C(=O)N2CCCCC2c2ccn3nc(C)cc3n2)cn1. The molecule has 0 saturated carbocycles. The molecule has 1 unspecified atom stereocenters. The van der Waals surface area contributed by atoms with Crippen molar-refractivity contribution >= 4 is 11.6 Å². The second-order valence-corrected chi connectivity index (χ2v) is 6.49. The zero-order chi connectivity index (χ0) is 17.4. The number of amides is 1. The number of likely N-dealkylation sites (tertiary alicyclic amines) is 1. The normalized spacial score (nSPS) is 17.8. The molecule has 1 amide bonds. The van der Waals surface area contributed by atoms with Crippen molar-refractivity contribution in [2.24, 2.45) is 0 Å². The van der Waals surface area contributed by atoms with E-state index in [0.29, 0.717) is 12.2 Å². The molecule has 1 aliphatic heterocycles. The topological polar surface area (TPSA) is 76.3 Å². The highest BCUT2D eigenvalue weighted by molar-refractivity contribution is 5.92. The van der Waals surface area contributed by atoms with Gasteiger partial charge in [-0.2, -0.15) is 5.10 Å². The van der Waals surface area contributed by atoms with Gasteiger partial charge in [0.15, 0.2) is 5.65 Å². The number of piperidine rings is 1. The van der Waals surface area contributed by atoms with Gasteiger partial charge in [0.2, 0.25) is 0 Å². The lowest BCUT2D eigenvalue weighted by Gasteiger charge is -2.35. The fourth-order valence-corrected chi connectivity index (χ4v) is 3.33. The molecule has 4 rings (SSSR count). The molecular weight excluding hydrogens is 316 g/mol. The van der Waals surface area contributed by atoms with Gasteiger partial charge in [0.25, 0.3) is 5.91 Å². The summed E-state index contributed by atoms with van der Waals surface area (Å²) in [6.45, 7) is 4.52. The van der Waals surface area contributed by atoms with E-state index in [-0.39, 0.29) is 11.9 Å². The van der Waals surface area contributed by atoms with Crippen LogP contribution in [0.3, 0.4) is 0 Å². The number of nitrogens with zero attached hydrogens (tertiary/aromatic N) is 6. The van der Waals surface area contributed by atoms with Crippen LogP contribution in [-0.4, -0.2) is 41.9 Å². The number of fused-ring (bicyclic) bond motifs is 1. The molecule has 3 aromatic rings. The monoisotopic (exact) mass is 336 g/mol. The Morgan fingerprint density at radius 3 is 2.84 bits per heavy atom. The van der Waals surface area contributed by atoms with Crippen molar-refractivity contribution in [1.82, 2.24) is 29.5 Å². The second kappa shape index (κ2) is 6.23. The van der Waals surface area contributed by atoms with E-state index in [9.17, 15) is 4.79 Å². The van der Waals surface area contributed by atoms with Crippen LogP contribution in [0.4, 0.5) is 0 Å². The molecule has 0 bridgehead atoms. The van der Waals surface area contributed by atoms with Crippen LogP contribution in [0.5, 0.6) is 0 Å². The van der Waals surface area contributed by atoms with Gasteiger partial charge >= 0.3 is 0 Å². The summed E-state index contributed by atoms with van der Waals surface area (Å²) in [7, 11) is 0. The van der Waals surface area contributed by atoms with Gasteiger partial charge in [0, 0.05) is 25.0 Å². The van der Waals surface area contributed by atoms with Crippen molar-refractivity contribution in [2.75, 3.05) is 6.54 Å². The van der Waals surface area contributed by atoms with Crippen LogP contribution in [-0.2, 0) is 0 Å². The summed E-state index contributed by atoms with van der Waals surface area (Å²) in [5.74, 6) is -0.0800. The standard InChI is InChI=1S/C18H20N6O/c1-12-9-17-21-14(6-8-24(17)22-12)16-5-3-4-7-23(16)18(25)15-11-19-13(2)10-20-15/h6,8-11,16H,3-5,7H2,1-2H3. The third-order valence-electron chi connectivity index (χ3n) is 4.57. The van der Waals surface area contributed by atoms with E-state index in [1.165, 1.54) is 0 Å². The Kier molecular flexibility index (Phi) is 3.91. The molecule has 3 aromatic heterocycles. The highest BCUT2D eigenvalue weighted by Gasteiger charge is 2.30. The maximum absolute atomic E-state index is 12.9. The Labute approximate surface area is 145 Å². The number of aromatic nitrogens is 5. The van der Waals surface area contributed by atoms with Crippen molar-refractivity contribution in [3.63, 3.8) is 0 Å². The first-order chi connectivity index (χ1) is 12.1. The van der Waals surface area contributed by atoms with Crippen molar-refractivity contribution in [1.29, 1.82) is 0 Å². The quantitative estimate of drug-likeness (QED) is 0.719. The average Bonchev–Trinajstić information content (AvgIpc) is 3.01. The Morgan fingerprint density at radius 1 is 1.16 bits per heavy atom. The molecule has 1 saturated heterocycles. The first-order valence-electron chi connectivity index (χ1n) is 8.54. The Bertz CT molecular complexity index is 917. The summed E-state index contributed by atoms with van der Waals surface area (Å²) in [6, 6.07) is 3.87. The highest BCUT2D eigenvalue weighted by Crippen LogP contribution is 2.31. The van der Waals surface area contributed by atoms with Gasteiger partial charge in [-0.05, 0) is 39.2 Å². The van der Waals surface area contributed by atoms with E-state index in [2.05, 4.69) is 15.1 Å². The lowest BCUT2D eigenvalue weighted by Crippen LogP contribution is -2.39. The average molecular weight is 336 g/mol. The number of carbonyl (C=O) groups excluding carboxylic acids is 1. The van der Waals surface area contributed by atoms with Crippen LogP contribution in [0, 0.1) is 13.8 Å². The molecule has 1 aliphatic rings. The summed E-state index contributed by atoms with van der Waals surface area (Å²) in [6.07, 6.45) is 8.08. The molecule has 0 aliphatic carbocycles. The van der Waals surface area contributed by atoms with Crippen molar-refractivity contribution < 1.29 is 4.79 Å². The van der Waals surface area contributed by atoms with Gasteiger partial charge in [-0.25, -0.2) is 14.5 Å². The molecule has 0 aromatic carbocycles. The Hall–Kier alpha value is -2.83. The van der Waals surface area contributed by atoms with Gasteiger partial charge < -0.3 is 4.90 Å². The summed E-state index contributed by atoms with van der Waals surface area (Å²) >= 11 is 0. The lowest BCUT2D eigenvalue weighted by atomic mass is 9.98. The summed E-state index contributed by atoms with van der Waals surface area (Å²) in [5.41, 5.74) is 3.83. The number of rotatable bonds is 2. The minimum Gasteiger partial charge on any atom is -0.329 e. The van der Waals surface area contributed by atoms with Crippen molar-refractivity contribution in [2.45, 2.75) is 39.2 Å². The molecular formula is C18H20N6O. The minimum absolute atomic E-state index is 0.0374. The van der Waals surface area contributed by atoms with E-state index in [0.717, 1.165) is 42.0 Å². The van der Waals surface area contributed by atoms with Gasteiger partial charge in [0.05, 0.1) is 29.3 Å². The smallest absolute Gasteiger partial charge is 0.274 e. The Morgan fingerprint density at radius 2 is 2.04 bits per heavy atom. The second-order valence-electron chi connectivity index (χ2n) is 6.49. The fourth-order valence-electron chi connectivity index (χ4n) is 3.33. The van der Waals surface area contributed by atoms with E-state index >= 15 is 0 Å². The van der Waals surface area contributed by atoms with E-state index in [1.54, 1.807) is 16.9 Å². The zero-order valence-corrected chi connectivity index (χ0v) is 14.4. The highest BCUT2D eigenvalue weighted by atomic mass is 16.2. The number of hydrogen-bond donors (Lipinski definition) is 0. The molecule has 25 heavy (non-hydrogen) atoms. The molecule has 0 N–H and O–H groups in total. The molecule has 1 atom stereocenters. The van der Waals surface area contributed by atoms with Crippen LogP contribution in [0.1, 0.15) is 52.9 Å². The first-order valence-corrected chi connectivity index (χ1v) is 8.54. The molecule has 4 heterocycles. The van der Waals surface area contributed by atoms with Gasteiger partial charge in [-0.15, -0.1) is 0 Å². The van der Waals surface area contributed by atoms with Crippen LogP contribution in [0.2, 0.25) is 0 Å². The van der Waals surface area contributed by atoms with Crippen LogP contribution >= 0.6 is 0 Å². The number of hydrogen-bond acceptors (Lipinski definition) is 5. The van der Waals surface area contributed by atoms with E-state index in [4.69, 9.17) is 4.98 Å². The maximum Gasteiger partial charge on any atom is 0.274 e. The van der Waals surface area contributed by atoms with Crippen molar-refractivity contribution in [3.8, 4) is 0 Å². The van der Waals surface area contributed by atoms with E-state index < -0.39 is 0 Å². The third-order valence-corrected chi connectivity index (χ3v) is 4.57. The lowest BCUT2D eigenvalue weighted by molar-refractivity contribution is 0.0599. The third kappa shape index (κ3) is 2.97. The molecule has 0 radical (unpaired) electrons. The van der Waals surface area contributed by atoms with Gasteiger partial charge in [0.1, 0.15) is 5.69 Å². The number of aryl methyl sites for hydroxylation is 2. The van der Waals surface area contributed by atoms with Crippen molar-refractivity contribution in [3.05, 3.63) is 53.5 Å². The largest absolute Gasteiger partial charge is 0.329 e. The van der Waals surface area contributed by atoms with Crippen LogP contribution < -0.4 is 0 Å². The summed E-state index contributed by atoms with van der Waals surface area (Å²) in [5, 5.41) is 4.36. The molecule has 1 fully saturated rings. The fraction of sp³-hybridized carbons (Fsp3) is 0.389. The zero-order valence-electron chi connectivity index (χ0n) is 14.4. The van der Waals surface area contributed by atoms with Crippen LogP contribution in [0.25, 0.3) is 5.65 Å². The maximum atomic E-state index is 12.9. The summed E-state index contributed by atoms with van der Waals surface area (Å²) < 4.78 is 1.76. The number of carbonyl (C=O) groups is 1. The van der Waals surface area contributed by atoms with Crippen LogP contribution in [0.15, 0.2) is 30.7 Å². The Balaban J connectivity index is 1.67. The predicted molar refractivity (Wildman–Crippen MR) is 92.1 cm³/mol. The first kappa shape index (κ1) is 15.7. The van der Waals surface area contributed by atoms with E-state index in [1.807, 2.05) is 37.1 Å². The van der Waals surface area contributed by atoms with Gasteiger partial charge in [-0.3, -0.25) is 9.78 Å². The summed E-state index contributed by atoms with van der Waals surface area (Å²) in [4.78, 5) is 28.0. The van der Waals surface area contributed by atoms with Gasteiger partial charge in [-0.1, -0.05) is 0 Å². The molecule has 128 valence electrons. The molecule has 7 nitrogen and oxygen atoms in total. The predicted octanol–water partition coefficient (Wildman–Crippen LogP) is 2.50. The minimum atomic E-state index is -0.0800.